The summed E-state index contributed by atoms with van der Waals surface area (Å²) in [5.41, 5.74) is 0. The van der Waals surface area contributed by atoms with Crippen molar-refractivity contribution in [2.45, 2.75) is 0 Å². The number of pyridine rings is 1. The molecular weight excluding hydrogens is 236 g/mol. The average Bonchev–Trinajstić information content (AvgIpc) is 1.80. The fourth-order valence-electron chi connectivity index (χ4n) is 0.411. The van der Waals surface area contributed by atoms with Crippen LogP contribution in [-0.2, 0) is 0 Å². The third kappa shape index (κ3) is 1.51. The van der Waals surface area contributed by atoms with E-state index in [1.54, 1.807) is 22.6 Å². The van der Waals surface area contributed by atoms with Crippen LogP contribution in [-0.4, -0.2) is 10.1 Å². The van der Waals surface area contributed by atoms with E-state index in [1.807, 2.05) is 0 Å². The summed E-state index contributed by atoms with van der Waals surface area (Å²) >= 11 is 1.75. The molecule has 0 fully saturated rings. The number of aromatic nitrogens is 1. The first-order valence-electron chi connectivity index (χ1n) is 2.20. The van der Waals surface area contributed by atoms with Crippen molar-refractivity contribution in [1.29, 1.82) is 0 Å². The van der Waals surface area contributed by atoms with Crippen LogP contribution >= 0.6 is 22.6 Å². The lowest BCUT2D eigenvalue weighted by Gasteiger charge is -1.91. The molecule has 0 aliphatic heterocycles. The third-order valence-corrected chi connectivity index (χ3v) is 1.54. The Kier molecular flexibility index (Phi) is 1.84. The van der Waals surface area contributed by atoms with Gasteiger partial charge in [-0.25, -0.2) is 4.98 Å². The molecule has 0 spiro atoms. The first-order chi connectivity index (χ1) is 4.20. The summed E-state index contributed by atoms with van der Waals surface area (Å²) in [7, 11) is 0. The lowest BCUT2D eigenvalue weighted by Crippen LogP contribution is -1.84. The van der Waals surface area contributed by atoms with Gasteiger partial charge >= 0.3 is 0 Å². The van der Waals surface area contributed by atoms with Gasteiger partial charge in [0.2, 0.25) is 5.95 Å². The van der Waals surface area contributed by atoms with Gasteiger partial charge in [-0.2, -0.15) is 4.39 Å². The molecular formula is C5H3FINO. The minimum Gasteiger partial charge on any atom is -0.506 e. The molecule has 1 aromatic heterocycles. The maximum atomic E-state index is 12.3. The van der Waals surface area contributed by atoms with E-state index in [1.165, 1.54) is 6.07 Å². The standard InChI is InChI=1S/C5H3FINO/c6-5-4(7)1-3(9)2-8-5/h1-2,9H. The van der Waals surface area contributed by atoms with Crippen molar-refractivity contribution >= 4 is 22.6 Å². The van der Waals surface area contributed by atoms with E-state index in [9.17, 15) is 4.39 Å². The zero-order valence-electron chi connectivity index (χ0n) is 4.31. The van der Waals surface area contributed by atoms with Gasteiger partial charge in [-0.1, -0.05) is 0 Å². The van der Waals surface area contributed by atoms with Gasteiger partial charge < -0.3 is 5.11 Å². The van der Waals surface area contributed by atoms with Crippen molar-refractivity contribution in [3.05, 3.63) is 21.8 Å². The summed E-state index contributed by atoms with van der Waals surface area (Å²) in [5.74, 6) is -0.561. The number of rotatable bonds is 0. The molecule has 0 saturated heterocycles. The molecule has 0 aliphatic carbocycles. The summed E-state index contributed by atoms with van der Waals surface area (Å²) in [6.45, 7) is 0. The van der Waals surface area contributed by atoms with E-state index in [4.69, 9.17) is 5.11 Å². The Bertz CT molecular complexity index is 228. The molecule has 1 aromatic rings. The van der Waals surface area contributed by atoms with E-state index in [-0.39, 0.29) is 5.75 Å². The number of hydrogen-bond acceptors (Lipinski definition) is 2. The van der Waals surface area contributed by atoms with E-state index in [0.29, 0.717) is 3.57 Å². The fraction of sp³-hybridized carbons (Fsp3) is 0. The van der Waals surface area contributed by atoms with Gasteiger partial charge in [-0.15, -0.1) is 0 Å². The molecule has 0 unspecified atom stereocenters. The lowest BCUT2D eigenvalue weighted by atomic mass is 10.5. The van der Waals surface area contributed by atoms with Crippen molar-refractivity contribution in [3.63, 3.8) is 0 Å². The van der Waals surface area contributed by atoms with Gasteiger partial charge in [0, 0.05) is 0 Å². The van der Waals surface area contributed by atoms with Gasteiger partial charge in [0.05, 0.1) is 9.77 Å². The quantitative estimate of drug-likeness (QED) is 0.550. The molecule has 0 bridgehead atoms. The largest absolute Gasteiger partial charge is 0.506 e. The van der Waals surface area contributed by atoms with E-state index >= 15 is 0 Å². The van der Waals surface area contributed by atoms with Gasteiger partial charge in [-0.05, 0) is 28.7 Å². The van der Waals surface area contributed by atoms with Crippen LogP contribution < -0.4 is 0 Å². The highest BCUT2D eigenvalue weighted by atomic mass is 127. The Morgan fingerprint density at radius 1 is 1.67 bits per heavy atom. The zero-order valence-corrected chi connectivity index (χ0v) is 6.46. The molecule has 4 heteroatoms. The van der Waals surface area contributed by atoms with Crippen molar-refractivity contribution < 1.29 is 9.50 Å². The van der Waals surface area contributed by atoms with Gasteiger partial charge in [0.25, 0.3) is 0 Å². The summed E-state index contributed by atoms with van der Waals surface area (Å²) in [6, 6.07) is 1.31. The van der Waals surface area contributed by atoms with Crippen LogP contribution in [0.25, 0.3) is 0 Å². The SMILES string of the molecule is Oc1cnc(F)c(I)c1. The molecule has 1 rings (SSSR count). The Morgan fingerprint density at radius 3 is 2.78 bits per heavy atom. The van der Waals surface area contributed by atoms with Gasteiger partial charge in [0.1, 0.15) is 5.75 Å². The maximum absolute atomic E-state index is 12.3. The maximum Gasteiger partial charge on any atom is 0.226 e. The molecule has 0 saturated carbocycles. The summed E-state index contributed by atoms with van der Waals surface area (Å²) in [5, 5.41) is 8.70. The molecule has 1 heterocycles. The van der Waals surface area contributed by atoms with Crippen molar-refractivity contribution in [1.82, 2.24) is 4.98 Å². The van der Waals surface area contributed by atoms with Crippen LogP contribution in [0.2, 0.25) is 0 Å². The predicted octanol–water partition coefficient (Wildman–Crippen LogP) is 1.53. The second kappa shape index (κ2) is 2.47. The molecule has 0 aromatic carbocycles. The normalized spacial score (nSPS) is 9.56. The van der Waals surface area contributed by atoms with Crippen LogP contribution in [0.1, 0.15) is 0 Å². The second-order valence-corrected chi connectivity index (χ2v) is 2.63. The van der Waals surface area contributed by atoms with Crippen molar-refractivity contribution in [2.24, 2.45) is 0 Å². The van der Waals surface area contributed by atoms with E-state index < -0.39 is 5.95 Å². The van der Waals surface area contributed by atoms with Crippen molar-refractivity contribution in [3.8, 4) is 5.75 Å². The number of aromatic hydroxyl groups is 1. The highest BCUT2D eigenvalue weighted by molar-refractivity contribution is 14.1. The third-order valence-electron chi connectivity index (χ3n) is 0.782. The molecule has 0 radical (unpaired) electrons. The van der Waals surface area contributed by atoms with Crippen LogP contribution in [0.3, 0.4) is 0 Å². The first-order valence-corrected chi connectivity index (χ1v) is 3.28. The lowest BCUT2D eigenvalue weighted by molar-refractivity contribution is 0.465. The van der Waals surface area contributed by atoms with Crippen LogP contribution in [0.15, 0.2) is 12.3 Å². The minimum absolute atomic E-state index is 0.0131. The highest BCUT2D eigenvalue weighted by Gasteiger charge is 1.98. The van der Waals surface area contributed by atoms with E-state index in [2.05, 4.69) is 4.98 Å². The average molecular weight is 239 g/mol. The topological polar surface area (TPSA) is 33.1 Å². The summed E-state index contributed by atoms with van der Waals surface area (Å²) in [4.78, 5) is 3.25. The molecule has 48 valence electrons. The molecule has 9 heavy (non-hydrogen) atoms. The van der Waals surface area contributed by atoms with Crippen LogP contribution in [0, 0.1) is 9.52 Å². The summed E-state index contributed by atoms with van der Waals surface area (Å²) < 4.78 is 12.6. The summed E-state index contributed by atoms with van der Waals surface area (Å²) in [6.07, 6.45) is 1.07. The fourth-order valence-corrected chi connectivity index (χ4v) is 0.869. The molecule has 0 aliphatic rings. The second-order valence-electron chi connectivity index (χ2n) is 1.47. The van der Waals surface area contributed by atoms with Crippen LogP contribution in [0.4, 0.5) is 4.39 Å². The number of halogens is 2. The Labute approximate surface area is 64.9 Å². The minimum atomic E-state index is -0.548. The first kappa shape index (κ1) is 6.73. The monoisotopic (exact) mass is 239 g/mol. The molecule has 2 nitrogen and oxygen atoms in total. The predicted molar refractivity (Wildman–Crippen MR) is 38.6 cm³/mol. The Balaban J connectivity index is 3.17. The Hall–Kier alpha value is -0.390. The van der Waals surface area contributed by atoms with E-state index in [0.717, 1.165) is 6.20 Å². The van der Waals surface area contributed by atoms with Gasteiger partial charge in [-0.3, -0.25) is 0 Å². The highest BCUT2D eigenvalue weighted by Crippen LogP contribution is 2.13. The molecule has 0 amide bonds. The number of hydrogen-bond donors (Lipinski definition) is 1. The zero-order chi connectivity index (χ0) is 6.85. The van der Waals surface area contributed by atoms with Gasteiger partial charge in [0.15, 0.2) is 0 Å². The van der Waals surface area contributed by atoms with Crippen molar-refractivity contribution in [2.75, 3.05) is 0 Å². The van der Waals surface area contributed by atoms with Crippen LogP contribution in [0.5, 0.6) is 5.75 Å². The molecule has 0 atom stereocenters. The smallest absolute Gasteiger partial charge is 0.226 e. The Morgan fingerprint density at radius 2 is 2.33 bits per heavy atom. The number of nitrogens with zero attached hydrogens (tertiary/aromatic N) is 1. The molecule has 1 N–H and O–H groups in total.